The number of benzene rings is 1. The Morgan fingerprint density at radius 2 is 2.00 bits per heavy atom. The molecule has 0 aliphatic rings. The van der Waals surface area contributed by atoms with Crippen molar-refractivity contribution in [1.29, 1.82) is 0 Å². The van der Waals surface area contributed by atoms with E-state index in [9.17, 15) is 4.79 Å². The lowest BCUT2D eigenvalue weighted by molar-refractivity contribution is -0.0329. The minimum atomic E-state index is -0.696. The maximum absolute atomic E-state index is 11.7. The van der Waals surface area contributed by atoms with E-state index >= 15 is 0 Å². The van der Waals surface area contributed by atoms with Gasteiger partial charge in [0.15, 0.2) is 0 Å². The van der Waals surface area contributed by atoms with Gasteiger partial charge in [-0.2, -0.15) is 0 Å². The molecule has 0 aromatic heterocycles. The summed E-state index contributed by atoms with van der Waals surface area (Å²) in [6, 6.07) is 8.84. The lowest BCUT2D eigenvalue weighted by Gasteiger charge is -2.25. The molecule has 96 valence electrons. The fourth-order valence-electron chi connectivity index (χ4n) is 1.28. The van der Waals surface area contributed by atoms with Crippen LogP contribution < -0.4 is 0 Å². The van der Waals surface area contributed by atoms with E-state index in [4.69, 9.17) is 9.47 Å². The summed E-state index contributed by atoms with van der Waals surface area (Å²) in [7, 11) is 0. The summed E-state index contributed by atoms with van der Waals surface area (Å²) in [5.74, 6) is -0.370. The highest BCUT2D eigenvalue weighted by Crippen LogP contribution is 2.13. The van der Waals surface area contributed by atoms with E-state index in [0.717, 1.165) is 0 Å². The van der Waals surface area contributed by atoms with Crippen molar-refractivity contribution in [2.24, 2.45) is 0 Å². The Hall–Kier alpha value is -1.87. The van der Waals surface area contributed by atoms with Gasteiger partial charge in [-0.1, -0.05) is 30.4 Å². The molecule has 3 heteroatoms. The second-order valence-corrected chi connectivity index (χ2v) is 4.06. The van der Waals surface area contributed by atoms with Crippen molar-refractivity contribution in [3.8, 4) is 0 Å². The molecule has 1 atom stereocenters. The van der Waals surface area contributed by atoms with Gasteiger partial charge in [0.1, 0.15) is 12.2 Å². The average molecular weight is 246 g/mol. The number of hydrogen-bond donors (Lipinski definition) is 0. The maximum atomic E-state index is 11.7. The Balaban J connectivity index is 2.55. The van der Waals surface area contributed by atoms with Gasteiger partial charge < -0.3 is 9.47 Å². The van der Waals surface area contributed by atoms with E-state index in [-0.39, 0.29) is 12.6 Å². The first kappa shape index (κ1) is 14.2. The van der Waals surface area contributed by atoms with Gasteiger partial charge in [-0.25, -0.2) is 4.79 Å². The molecule has 18 heavy (non-hydrogen) atoms. The van der Waals surface area contributed by atoms with Crippen molar-refractivity contribution < 1.29 is 14.3 Å². The van der Waals surface area contributed by atoms with Crippen molar-refractivity contribution in [2.75, 3.05) is 13.2 Å². The Kier molecular flexibility index (Phi) is 5.33. The monoisotopic (exact) mass is 246 g/mol. The highest BCUT2D eigenvalue weighted by molar-refractivity contribution is 5.89. The summed E-state index contributed by atoms with van der Waals surface area (Å²) in [4.78, 5) is 11.7. The van der Waals surface area contributed by atoms with E-state index < -0.39 is 5.60 Å². The van der Waals surface area contributed by atoms with Crippen LogP contribution in [0.1, 0.15) is 17.3 Å². The van der Waals surface area contributed by atoms with E-state index in [1.54, 1.807) is 36.4 Å². The van der Waals surface area contributed by atoms with Crippen LogP contribution in [0.25, 0.3) is 0 Å². The molecule has 1 rings (SSSR count). The molecule has 0 radical (unpaired) electrons. The average Bonchev–Trinajstić information content (AvgIpc) is 2.43. The number of esters is 1. The molecule has 3 nitrogen and oxygen atoms in total. The summed E-state index contributed by atoms with van der Waals surface area (Å²) >= 11 is 0. The topological polar surface area (TPSA) is 35.5 Å². The van der Waals surface area contributed by atoms with Gasteiger partial charge in [0, 0.05) is 0 Å². The zero-order valence-electron chi connectivity index (χ0n) is 10.6. The van der Waals surface area contributed by atoms with Crippen LogP contribution in [0.4, 0.5) is 0 Å². The summed E-state index contributed by atoms with van der Waals surface area (Å²) in [6.45, 7) is 9.57. The molecule has 0 unspecified atom stereocenters. The second-order valence-electron chi connectivity index (χ2n) is 4.06. The maximum Gasteiger partial charge on any atom is 0.338 e. The molecule has 0 heterocycles. The smallest absolute Gasteiger partial charge is 0.338 e. The summed E-state index contributed by atoms with van der Waals surface area (Å²) in [5, 5.41) is 0. The zero-order chi connectivity index (χ0) is 13.4. The van der Waals surface area contributed by atoms with E-state index in [1.165, 1.54) is 0 Å². The first-order chi connectivity index (χ1) is 8.61. The van der Waals surface area contributed by atoms with Crippen LogP contribution in [0.3, 0.4) is 0 Å². The van der Waals surface area contributed by atoms with E-state index in [2.05, 4.69) is 13.2 Å². The van der Waals surface area contributed by atoms with Crippen LogP contribution in [0.2, 0.25) is 0 Å². The summed E-state index contributed by atoms with van der Waals surface area (Å²) in [6.07, 6.45) is 3.26. The molecule has 0 N–H and O–H groups in total. The highest BCUT2D eigenvalue weighted by atomic mass is 16.6. The Labute approximate surface area is 108 Å². The predicted molar refractivity (Wildman–Crippen MR) is 71.5 cm³/mol. The van der Waals surface area contributed by atoms with Crippen LogP contribution in [-0.2, 0) is 9.47 Å². The number of carbonyl (C=O) groups excluding carboxylic acids is 1. The number of hydrogen-bond acceptors (Lipinski definition) is 3. The van der Waals surface area contributed by atoms with Gasteiger partial charge in [0.25, 0.3) is 0 Å². The normalized spacial score (nSPS) is 13.4. The van der Waals surface area contributed by atoms with Crippen molar-refractivity contribution in [3.05, 3.63) is 61.2 Å². The van der Waals surface area contributed by atoms with Gasteiger partial charge in [-0.05, 0) is 19.1 Å². The van der Waals surface area contributed by atoms with Gasteiger partial charge >= 0.3 is 5.97 Å². The van der Waals surface area contributed by atoms with Gasteiger partial charge in [0.2, 0.25) is 0 Å². The molecule has 1 aromatic rings. The largest absolute Gasteiger partial charge is 0.459 e. The SMILES string of the molecule is C=CCO[C@@](C)(C=C)COC(=O)c1ccccc1. The molecule has 0 saturated carbocycles. The molecule has 0 amide bonds. The first-order valence-electron chi connectivity index (χ1n) is 5.72. The Morgan fingerprint density at radius 3 is 2.56 bits per heavy atom. The molecular weight excluding hydrogens is 228 g/mol. The van der Waals surface area contributed by atoms with Gasteiger partial charge in [0.05, 0.1) is 12.2 Å². The lowest BCUT2D eigenvalue weighted by Crippen LogP contribution is -2.33. The summed E-state index contributed by atoms with van der Waals surface area (Å²) in [5.41, 5.74) is -0.175. The van der Waals surface area contributed by atoms with Crippen molar-refractivity contribution in [2.45, 2.75) is 12.5 Å². The summed E-state index contributed by atoms with van der Waals surface area (Å²) < 4.78 is 10.7. The zero-order valence-corrected chi connectivity index (χ0v) is 10.6. The molecule has 0 spiro atoms. The first-order valence-corrected chi connectivity index (χ1v) is 5.72. The predicted octanol–water partition coefficient (Wildman–Crippen LogP) is 2.99. The third kappa shape index (κ3) is 4.18. The molecule has 1 aromatic carbocycles. The Bertz CT molecular complexity index is 411. The molecule has 0 saturated heterocycles. The second kappa shape index (κ2) is 6.77. The molecule has 0 aliphatic carbocycles. The van der Waals surface area contributed by atoms with E-state index in [0.29, 0.717) is 12.2 Å². The third-order valence-corrected chi connectivity index (χ3v) is 2.46. The molecule has 0 fully saturated rings. The van der Waals surface area contributed by atoms with Gasteiger partial charge in [-0.15, -0.1) is 13.2 Å². The highest BCUT2D eigenvalue weighted by Gasteiger charge is 2.23. The molecular formula is C15H18O3. The van der Waals surface area contributed by atoms with Crippen LogP contribution in [0.15, 0.2) is 55.6 Å². The van der Waals surface area contributed by atoms with E-state index in [1.807, 2.05) is 13.0 Å². The fourth-order valence-corrected chi connectivity index (χ4v) is 1.28. The van der Waals surface area contributed by atoms with Gasteiger partial charge in [-0.3, -0.25) is 0 Å². The molecule has 0 bridgehead atoms. The quantitative estimate of drug-likeness (QED) is 0.548. The number of carbonyl (C=O) groups is 1. The van der Waals surface area contributed by atoms with Crippen molar-refractivity contribution in [1.82, 2.24) is 0 Å². The van der Waals surface area contributed by atoms with Crippen LogP contribution in [0.5, 0.6) is 0 Å². The minimum absolute atomic E-state index is 0.123. The Morgan fingerprint density at radius 1 is 1.33 bits per heavy atom. The standard InChI is InChI=1S/C15H18O3/c1-4-11-18-15(3,5-2)12-17-14(16)13-9-7-6-8-10-13/h4-10H,1-2,11-12H2,3H3/t15-/m0/s1. The van der Waals surface area contributed by atoms with Crippen molar-refractivity contribution in [3.63, 3.8) is 0 Å². The van der Waals surface area contributed by atoms with Crippen LogP contribution >= 0.6 is 0 Å². The fraction of sp³-hybridized carbons (Fsp3) is 0.267. The number of ether oxygens (including phenoxy) is 2. The minimum Gasteiger partial charge on any atom is -0.459 e. The van der Waals surface area contributed by atoms with Crippen LogP contribution in [0, 0.1) is 0 Å². The van der Waals surface area contributed by atoms with Crippen molar-refractivity contribution >= 4 is 5.97 Å². The third-order valence-electron chi connectivity index (χ3n) is 2.46. The lowest BCUT2D eigenvalue weighted by atomic mass is 10.1. The number of rotatable bonds is 7. The van der Waals surface area contributed by atoms with Crippen LogP contribution in [-0.4, -0.2) is 24.8 Å². The molecule has 0 aliphatic heterocycles.